The van der Waals surface area contributed by atoms with Gasteiger partial charge in [-0.05, 0) is 62.8 Å². The number of nitrogens with zero attached hydrogens (tertiary/aromatic N) is 4. The first-order chi connectivity index (χ1) is 15.2. The molecule has 1 unspecified atom stereocenters. The van der Waals surface area contributed by atoms with Crippen LogP contribution >= 0.6 is 11.8 Å². The van der Waals surface area contributed by atoms with Crippen LogP contribution in [-0.4, -0.2) is 45.4 Å². The average molecular weight is 470 g/mol. The molecule has 32 heavy (non-hydrogen) atoms. The molecule has 0 radical (unpaired) electrons. The van der Waals surface area contributed by atoms with Crippen LogP contribution in [0.3, 0.4) is 0 Å². The highest BCUT2D eigenvalue weighted by Crippen LogP contribution is 2.42. The second-order valence-corrected chi connectivity index (χ2v) is 9.68. The molecule has 1 aliphatic carbocycles. The van der Waals surface area contributed by atoms with Crippen LogP contribution in [0.2, 0.25) is 0 Å². The van der Waals surface area contributed by atoms with Gasteiger partial charge >= 0.3 is 6.36 Å². The molecule has 2 fully saturated rings. The molecule has 4 rings (SSSR count). The number of amides is 1. The number of anilines is 2. The number of halogens is 3. The number of piperidine rings is 1. The number of nitrogens with one attached hydrogen (secondary N) is 1. The normalized spacial score (nSPS) is 18.5. The van der Waals surface area contributed by atoms with Crippen LogP contribution in [0.25, 0.3) is 0 Å². The molecule has 2 heterocycles. The fourth-order valence-electron chi connectivity index (χ4n) is 3.62. The maximum absolute atomic E-state index is 12.7. The Labute approximate surface area is 188 Å². The predicted octanol–water partition coefficient (Wildman–Crippen LogP) is 4.87. The Morgan fingerprint density at radius 2 is 1.81 bits per heavy atom. The van der Waals surface area contributed by atoms with Gasteiger partial charge in [0.25, 0.3) is 0 Å². The Balaban J connectivity index is 1.39. The first kappa shape index (κ1) is 22.8. The van der Waals surface area contributed by atoms with E-state index < -0.39 is 11.6 Å². The van der Waals surface area contributed by atoms with Crippen molar-refractivity contribution in [1.29, 1.82) is 0 Å². The summed E-state index contributed by atoms with van der Waals surface area (Å²) in [6, 6.07) is 5.45. The Bertz CT molecular complexity index is 938. The highest BCUT2D eigenvalue weighted by atomic mass is 32.2. The zero-order chi connectivity index (χ0) is 22.9. The molecular formula is C21H26F3N5O2S. The fraction of sp³-hybridized carbons (Fsp3) is 0.571. The molecule has 1 aliphatic heterocycles. The number of thioether (sulfide) groups is 1. The maximum Gasteiger partial charge on any atom is 0.573 e. The number of rotatable bonds is 7. The molecule has 0 spiro atoms. The highest BCUT2D eigenvalue weighted by Gasteiger charge is 2.34. The van der Waals surface area contributed by atoms with Crippen molar-refractivity contribution in [3.63, 3.8) is 0 Å². The second kappa shape index (κ2) is 9.21. The molecule has 7 nitrogen and oxygen atoms in total. The van der Waals surface area contributed by atoms with E-state index in [1.165, 1.54) is 23.9 Å². The van der Waals surface area contributed by atoms with Crippen LogP contribution < -0.4 is 15.0 Å². The number of aromatic nitrogens is 3. The Kier molecular flexibility index (Phi) is 6.55. The average Bonchev–Trinajstić information content (AvgIpc) is 3.49. The third-order valence-corrected chi connectivity index (χ3v) is 6.69. The van der Waals surface area contributed by atoms with Gasteiger partial charge in [0.1, 0.15) is 5.75 Å². The molecule has 1 atom stereocenters. The lowest BCUT2D eigenvalue weighted by atomic mass is 10.00. The van der Waals surface area contributed by atoms with Crippen LogP contribution in [0.15, 0.2) is 29.4 Å². The van der Waals surface area contributed by atoms with Gasteiger partial charge in [-0.15, -0.1) is 23.4 Å². The lowest BCUT2D eigenvalue weighted by molar-refractivity contribution is -0.274. The highest BCUT2D eigenvalue weighted by molar-refractivity contribution is 8.00. The van der Waals surface area contributed by atoms with E-state index in [0.717, 1.165) is 67.9 Å². The summed E-state index contributed by atoms with van der Waals surface area (Å²) in [5, 5.41) is 11.8. The van der Waals surface area contributed by atoms with Gasteiger partial charge in [-0.1, -0.05) is 18.7 Å². The van der Waals surface area contributed by atoms with Crippen molar-refractivity contribution in [2.24, 2.45) is 5.92 Å². The summed E-state index contributed by atoms with van der Waals surface area (Å²) in [5.41, 5.74) is 0.392. The van der Waals surface area contributed by atoms with Crippen molar-refractivity contribution in [3.05, 3.63) is 24.3 Å². The third-order valence-electron chi connectivity index (χ3n) is 5.63. The van der Waals surface area contributed by atoms with Gasteiger partial charge in [0.2, 0.25) is 11.9 Å². The molecule has 0 bridgehead atoms. The minimum Gasteiger partial charge on any atom is -0.406 e. The number of hydrogen-bond donors (Lipinski definition) is 1. The first-order valence-corrected chi connectivity index (χ1v) is 11.6. The molecule has 1 N–H and O–H groups in total. The molecule has 174 valence electrons. The Hall–Kier alpha value is -2.43. The summed E-state index contributed by atoms with van der Waals surface area (Å²) < 4.78 is 42.9. The zero-order valence-electron chi connectivity index (χ0n) is 17.9. The number of benzene rings is 1. The number of carbonyl (C=O) groups excluding carboxylic acids is 1. The summed E-state index contributed by atoms with van der Waals surface area (Å²) in [4.78, 5) is 14.9. The topological polar surface area (TPSA) is 72.3 Å². The van der Waals surface area contributed by atoms with Crippen LogP contribution in [0.1, 0.15) is 45.6 Å². The van der Waals surface area contributed by atoms with Gasteiger partial charge < -0.3 is 15.0 Å². The number of ether oxygens (including phenoxy) is 1. The third kappa shape index (κ3) is 5.67. The summed E-state index contributed by atoms with van der Waals surface area (Å²) in [7, 11) is 0. The zero-order valence-corrected chi connectivity index (χ0v) is 18.7. The molecule has 1 saturated heterocycles. The number of alkyl halides is 3. The standard InChI is InChI=1S/C21H26F3N5O2S/c1-13-9-11-28(12-10-13)19-26-27-20(29(19)16-5-6-16)32-14(2)18(30)25-15-3-7-17(8-4-15)31-21(22,23)24/h3-4,7-8,13-14,16H,5-6,9-12H2,1-2H3,(H,25,30). The molecule has 1 aromatic heterocycles. The van der Waals surface area contributed by atoms with E-state index in [0.29, 0.717) is 11.7 Å². The Morgan fingerprint density at radius 3 is 2.41 bits per heavy atom. The quantitative estimate of drug-likeness (QED) is 0.584. The molecule has 1 aromatic carbocycles. The Morgan fingerprint density at radius 1 is 1.16 bits per heavy atom. The fourth-order valence-corrected chi connectivity index (χ4v) is 4.54. The molecule has 11 heteroatoms. The van der Waals surface area contributed by atoms with E-state index in [4.69, 9.17) is 0 Å². The summed E-state index contributed by atoms with van der Waals surface area (Å²) in [5.74, 6) is 0.998. The van der Waals surface area contributed by atoms with Gasteiger partial charge in [-0.2, -0.15) is 0 Å². The van der Waals surface area contributed by atoms with Crippen LogP contribution in [0.4, 0.5) is 24.8 Å². The van der Waals surface area contributed by atoms with Gasteiger partial charge in [0.15, 0.2) is 5.16 Å². The summed E-state index contributed by atoms with van der Waals surface area (Å²) in [6.45, 7) is 5.96. The van der Waals surface area contributed by atoms with Crippen molar-refractivity contribution >= 4 is 29.3 Å². The maximum atomic E-state index is 12.7. The van der Waals surface area contributed by atoms with E-state index in [9.17, 15) is 18.0 Å². The number of carbonyl (C=O) groups is 1. The van der Waals surface area contributed by atoms with E-state index in [-0.39, 0.29) is 11.7 Å². The minimum absolute atomic E-state index is 0.266. The van der Waals surface area contributed by atoms with Crippen molar-refractivity contribution in [2.45, 2.75) is 62.3 Å². The van der Waals surface area contributed by atoms with Gasteiger partial charge in [0.05, 0.1) is 5.25 Å². The van der Waals surface area contributed by atoms with Crippen LogP contribution in [0, 0.1) is 5.92 Å². The van der Waals surface area contributed by atoms with Crippen molar-refractivity contribution in [1.82, 2.24) is 14.8 Å². The second-order valence-electron chi connectivity index (χ2n) is 8.37. The van der Waals surface area contributed by atoms with Gasteiger partial charge in [-0.3, -0.25) is 9.36 Å². The van der Waals surface area contributed by atoms with Crippen LogP contribution in [0.5, 0.6) is 5.75 Å². The minimum atomic E-state index is -4.75. The van der Waals surface area contributed by atoms with E-state index in [1.54, 1.807) is 6.92 Å². The lowest BCUT2D eigenvalue weighted by Gasteiger charge is -2.31. The molecule has 2 aromatic rings. The van der Waals surface area contributed by atoms with Crippen molar-refractivity contribution < 1.29 is 22.7 Å². The lowest BCUT2D eigenvalue weighted by Crippen LogP contribution is -2.34. The smallest absolute Gasteiger partial charge is 0.406 e. The number of hydrogen-bond acceptors (Lipinski definition) is 6. The predicted molar refractivity (Wildman–Crippen MR) is 116 cm³/mol. The summed E-state index contributed by atoms with van der Waals surface area (Å²) >= 11 is 1.34. The van der Waals surface area contributed by atoms with E-state index in [2.05, 4.69) is 36.6 Å². The van der Waals surface area contributed by atoms with Crippen molar-refractivity contribution in [3.8, 4) is 5.75 Å². The first-order valence-electron chi connectivity index (χ1n) is 10.7. The SMILES string of the molecule is CC1CCN(c2nnc(SC(C)C(=O)Nc3ccc(OC(F)(F)F)cc3)n2C2CC2)CC1. The van der Waals surface area contributed by atoms with E-state index in [1.807, 2.05) is 0 Å². The molecule has 1 amide bonds. The monoisotopic (exact) mass is 469 g/mol. The van der Waals surface area contributed by atoms with Crippen LogP contribution in [-0.2, 0) is 4.79 Å². The van der Waals surface area contributed by atoms with E-state index >= 15 is 0 Å². The van der Waals surface area contributed by atoms with Crippen molar-refractivity contribution in [2.75, 3.05) is 23.3 Å². The molecule has 2 aliphatic rings. The largest absolute Gasteiger partial charge is 0.573 e. The van der Waals surface area contributed by atoms with Gasteiger partial charge in [0, 0.05) is 24.8 Å². The summed E-state index contributed by atoms with van der Waals surface area (Å²) in [6.07, 6.45) is -0.332. The van der Waals surface area contributed by atoms with Gasteiger partial charge in [-0.25, -0.2) is 0 Å². The molecular weight excluding hydrogens is 443 g/mol. The molecule has 1 saturated carbocycles.